The van der Waals surface area contributed by atoms with Gasteiger partial charge in [0.1, 0.15) is 0 Å². The molecule has 5 heteroatoms. The standard InChI is InChI=1S/C15H18N4O/c1-19(9-11-5-3-2-4-6-11)15(20)13-7-12-14(8-16-13)18-10-17-12/h2-6,10,13,16H,7-9H2,1H3,(H,17,18). The second-order valence-electron chi connectivity index (χ2n) is 5.15. The summed E-state index contributed by atoms with van der Waals surface area (Å²) in [6.07, 6.45) is 2.34. The number of carbonyl (C=O) groups excluding carboxylic acids is 1. The van der Waals surface area contributed by atoms with Gasteiger partial charge in [0.25, 0.3) is 0 Å². The van der Waals surface area contributed by atoms with Crippen LogP contribution in [0.4, 0.5) is 0 Å². The molecule has 5 nitrogen and oxygen atoms in total. The molecule has 0 saturated carbocycles. The Kier molecular flexibility index (Phi) is 3.52. The van der Waals surface area contributed by atoms with Crippen LogP contribution in [0.3, 0.4) is 0 Å². The minimum atomic E-state index is -0.181. The van der Waals surface area contributed by atoms with Crippen molar-refractivity contribution in [3.05, 3.63) is 53.6 Å². The Labute approximate surface area is 118 Å². The summed E-state index contributed by atoms with van der Waals surface area (Å²) in [6.45, 7) is 1.30. The molecule has 1 aliphatic rings. The van der Waals surface area contributed by atoms with Gasteiger partial charge in [0.05, 0.1) is 23.8 Å². The molecule has 20 heavy (non-hydrogen) atoms. The van der Waals surface area contributed by atoms with Crippen molar-refractivity contribution in [1.82, 2.24) is 20.2 Å². The van der Waals surface area contributed by atoms with E-state index >= 15 is 0 Å². The van der Waals surface area contributed by atoms with E-state index in [9.17, 15) is 4.79 Å². The molecule has 2 aromatic rings. The van der Waals surface area contributed by atoms with Crippen molar-refractivity contribution < 1.29 is 4.79 Å². The maximum absolute atomic E-state index is 12.5. The third kappa shape index (κ3) is 2.58. The van der Waals surface area contributed by atoms with Crippen molar-refractivity contribution in [2.24, 2.45) is 0 Å². The molecule has 0 radical (unpaired) electrons. The molecule has 2 heterocycles. The lowest BCUT2D eigenvalue weighted by atomic mass is 10.0. The third-order valence-electron chi connectivity index (χ3n) is 3.67. The molecule has 1 amide bonds. The van der Waals surface area contributed by atoms with E-state index in [1.54, 1.807) is 11.2 Å². The number of carbonyl (C=O) groups is 1. The number of hydrogen-bond donors (Lipinski definition) is 2. The first-order chi connectivity index (χ1) is 9.74. The van der Waals surface area contributed by atoms with Crippen molar-refractivity contribution in [2.75, 3.05) is 7.05 Å². The Morgan fingerprint density at radius 1 is 1.40 bits per heavy atom. The number of fused-ring (bicyclic) bond motifs is 1. The summed E-state index contributed by atoms with van der Waals surface area (Å²) in [5.41, 5.74) is 3.22. The number of imidazole rings is 1. The first kappa shape index (κ1) is 12.9. The molecule has 0 spiro atoms. The van der Waals surface area contributed by atoms with Gasteiger partial charge in [-0.25, -0.2) is 4.98 Å². The fraction of sp³-hybridized carbons (Fsp3) is 0.333. The molecular formula is C15H18N4O. The third-order valence-corrected chi connectivity index (χ3v) is 3.67. The number of benzene rings is 1. The van der Waals surface area contributed by atoms with E-state index in [1.165, 1.54) is 0 Å². The van der Waals surface area contributed by atoms with Gasteiger partial charge in [0, 0.05) is 26.6 Å². The smallest absolute Gasteiger partial charge is 0.240 e. The second kappa shape index (κ2) is 5.46. The highest BCUT2D eigenvalue weighted by Gasteiger charge is 2.27. The lowest BCUT2D eigenvalue weighted by Crippen LogP contribution is -2.48. The van der Waals surface area contributed by atoms with E-state index in [0.717, 1.165) is 17.0 Å². The van der Waals surface area contributed by atoms with Crippen LogP contribution in [0.15, 0.2) is 36.7 Å². The van der Waals surface area contributed by atoms with E-state index in [0.29, 0.717) is 19.5 Å². The highest BCUT2D eigenvalue weighted by Crippen LogP contribution is 2.14. The van der Waals surface area contributed by atoms with Crippen molar-refractivity contribution in [3.63, 3.8) is 0 Å². The molecule has 1 unspecified atom stereocenters. The van der Waals surface area contributed by atoms with Crippen LogP contribution in [0, 0.1) is 0 Å². The SMILES string of the molecule is CN(Cc1ccccc1)C(=O)C1Cc2nc[nH]c2CN1. The normalized spacial score (nSPS) is 17.6. The fourth-order valence-electron chi connectivity index (χ4n) is 2.54. The Hall–Kier alpha value is -2.14. The molecule has 1 atom stereocenters. The Balaban J connectivity index is 1.64. The number of aromatic amines is 1. The summed E-state index contributed by atoms with van der Waals surface area (Å²) >= 11 is 0. The van der Waals surface area contributed by atoms with Crippen LogP contribution < -0.4 is 5.32 Å². The highest BCUT2D eigenvalue weighted by atomic mass is 16.2. The molecule has 104 valence electrons. The van der Waals surface area contributed by atoms with Crippen LogP contribution in [0.2, 0.25) is 0 Å². The van der Waals surface area contributed by atoms with Crippen LogP contribution in [-0.2, 0) is 24.3 Å². The van der Waals surface area contributed by atoms with Gasteiger partial charge in [-0.1, -0.05) is 30.3 Å². The predicted molar refractivity (Wildman–Crippen MR) is 75.8 cm³/mol. The largest absolute Gasteiger partial charge is 0.347 e. The van der Waals surface area contributed by atoms with Gasteiger partial charge in [-0.3, -0.25) is 10.1 Å². The van der Waals surface area contributed by atoms with Crippen molar-refractivity contribution in [2.45, 2.75) is 25.6 Å². The van der Waals surface area contributed by atoms with Gasteiger partial charge >= 0.3 is 0 Å². The number of nitrogens with one attached hydrogen (secondary N) is 2. The zero-order chi connectivity index (χ0) is 13.9. The first-order valence-electron chi connectivity index (χ1n) is 6.77. The Morgan fingerprint density at radius 2 is 2.20 bits per heavy atom. The number of nitrogens with zero attached hydrogens (tertiary/aromatic N) is 2. The molecule has 1 aliphatic heterocycles. The average molecular weight is 270 g/mol. The summed E-state index contributed by atoms with van der Waals surface area (Å²) in [5, 5.41) is 3.27. The summed E-state index contributed by atoms with van der Waals surface area (Å²) in [7, 11) is 1.84. The van der Waals surface area contributed by atoms with Gasteiger partial charge in [0.15, 0.2) is 0 Å². The number of rotatable bonds is 3. The van der Waals surface area contributed by atoms with Gasteiger partial charge in [0.2, 0.25) is 5.91 Å². The molecule has 0 bridgehead atoms. The summed E-state index contributed by atoms with van der Waals surface area (Å²) in [4.78, 5) is 21.6. The fourth-order valence-corrected chi connectivity index (χ4v) is 2.54. The second-order valence-corrected chi connectivity index (χ2v) is 5.15. The lowest BCUT2D eigenvalue weighted by molar-refractivity contribution is -0.132. The van der Waals surface area contributed by atoms with Crippen molar-refractivity contribution >= 4 is 5.91 Å². The van der Waals surface area contributed by atoms with Gasteiger partial charge < -0.3 is 9.88 Å². The summed E-state index contributed by atoms with van der Waals surface area (Å²) < 4.78 is 0. The van der Waals surface area contributed by atoms with Crippen LogP contribution >= 0.6 is 0 Å². The summed E-state index contributed by atoms with van der Waals surface area (Å²) in [5.74, 6) is 0.113. The zero-order valence-electron chi connectivity index (χ0n) is 11.5. The van der Waals surface area contributed by atoms with Crippen molar-refractivity contribution in [3.8, 4) is 0 Å². The van der Waals surface area contributed by atoms with Gasteiger partial charge in [-0.15, -0.1) is 0 Å². The molecular weight excluding hydrogens is 252 g/mol. The van der Waals surface area contributed by atoms with Crippen LogP contribution in [0.1, 0.15) is 17.0 Å². The minimum absolute atomic E-state index is 0.113. The predicted octanol–water partition coefficient (Wildman–Crippen LogP) is 1.08. The maximum atomic E-state index is 12.5. The minimum Gasteiger partial charge on any atom is -0.347 e. The van der Waals surface area contributed by atoms with E-state index < -0.39 is 0 Å². The number of H-pyrrole nitrogens is 1. The van der Waals surface area contributed by atoms with E-state index in [4.69, 9.17) is 0 Å². The number of amides is 1. The molecule has 2 N–H and O–H groups in total. The first-order valence-corrected chi connectivity index (χ1v) is 6.77. The zero-order valence-corrected chi connectivity index (χ0v) is 11.5. The maximum Gasteiger partial charge on any atom is 0.240 e. The highest BCUT2D eigenvalue weighted by molar-refractivity contribution is 5.82. The van der Waals surface area contributed by atoms with Crippen LogP contribution in [0.5, 0.6) is 0 Å². The molecule has 3 rings (SSSR count). The molecule has 0 saturated heterocycles. The quantitative estimate of drug-likeness (QED) is 0.877. The van der Waals surface area contributed by atoms with Crippen molar-refractivity contribution in [1.29, 1.82) is 0 Å². The lowest BCUT2D eigenvalue weighted by Gasteiger charge is -2.27. The van der Waals surface area contributed by atoms with Crippen LogP contribution in [0.25, 0.3) is 0 Å². The molecule has 0 fully saturated rings. The van der Waals surface area contributed by atoms with E-state index in [2.05, 4.69) is 15.3 Å². The molecule has 0 aliphatic carbocycles. The average Bonchev–Trinajstić information content (AvgIpc) is 2.94. The number of aromatic nitrogens is 2. The van der Waals surface area contributed by atoms with E-state index in [-0.39, 0.29) is 11.9 Å². The van der Waals surface area contributed by atoms with Gasteiger partial charge in [-0.2, -0.15) is 0 Å². The van der Waals surface area contributed by atoms with Gasteiger partial charge in [-0.05, 0) is 5.56 Å². The number of likely N-dealkylation sites (N-methyl/N-ethyl adjacent to an activating group) is 1. The topological polar surface area (TPSA) is 61.0 Å². The Bertz CT molecular complexity index is 593. The monoisotopic (exact) mass is 270 g/mol. The van der Waals surface area contributed by atoms with E-state index in [1.807, 2.05) is 37.4 Å². The molecule has 1 aromatic carbocycles. The van der Waals surface area contributed by atoms with Crippen LogP contribution in [-0.4, -0.2) is 33.9 Å². The molecule has 1 aromatic heterocycles. The Morgan fingerprint density at radius 3 is 3.00 bits per heavy atom. The number of hydrogen-bond acceptors (Lipinski definition) is 3. The summed E-state index contributed by atoms with van der Waals surface area (Å²) in [6, 6.07) is 9.84.